The van der Waals surface area contributed by atoms with Crippen molar-refractivity contribution in [2.45, 2.75) is 46.3 Å². The summed E-state index contributed by atoms with van der Waals surface area (Å²) in [4.78, 5) is 13.7. The van der Waals surface area contributed by atoms with Crippen molar-refractivity contribution in [1.82, 2.24) is 14.7 Å². The minimum atomic E-state index is -0.411. The van der Waals surface area contributed by atoms with E-state index in [1.807, 2.05) is 25.5 Å². The van der Waals surface area contributed by atoms with E-state index in [0.717, 1.165) is 36.5 Å². The van der Waals surface area contributed by atoms with Crippen molar-refractivity contribution in [2.24, 2.45) is 5.92 Å². The third kappa shape index (κ3) is 3.12. The fraction of sp³-hybridized carbons (Fsp3) is 0.714. The Hall–Kier alpha value is -1.56. The second-order valence-electron chi connectivity index (χ2n) is 5.58. The number of aliphatic hydroxyl groups is 1. The Labute approximate surface area is 119 Å². The number of hydrogen-bond donors (Lipinski definition) is 2. The number of urea groups is 1. The molecule has 20 heavy (non-hydrogen) atoms. The van der Waals surface area contributed by atoms with Crippen LogP contribution in [0.2, 0.25) is 0 Å². The fourth-order valence-electron chi connectivity index (χ4n) is 2.38. The molecule has 0 bridgehead atoms. The highest BCUT2D eigenvalue weighted by Gasteiger charge is 2.31. The standard InChI is InChI=1S/C14H24N4O2/c1-5-18-10(3)13(9(2)16-18)15-14(20)17(4)8-12(19)11-6-7-11/h11-12,19H,5-8H2,1-4H3,(H,15,20). The van der Waals surface area contributed by atoms with Crippen molar-refractivity contribution < 1.29 is 9.90 Å². The SMILES string of the molecule is CCn1nc(C)c(NC(=O)N(C)CC(O)C2CC2)c1C. The molecule has 1 saturated carbocycles. The summed E-state index contributed by atoms with van der Waals surface area (Å²) in [6.07, 6.45) is 1.72. The van der Waals surface area contributed by atoms with E-state index in [9.17, 15) is 9.90 Å². The normalized spacial score (nSPS) is 16.1. The van der Waals surface area contributed by atoms with E-state index in [1.165, 1.54) is 4.90 Å². The van der Waals surface area contributed by atoms with E-state index in [0.29, 0.717) is 12.5 Å². The van der Waals surface area contributed by atoms with Crippen LogP contribution in [0.4, 0.5) is 10.5 Å². The lowest BCUT2D eigenvalue weighted by Gasteiger charge is -2.21. The van der Waals surface area contributed by atoms with Gasteiger partial charge in [0, 0.05) is 20.1 Å². The van der Waals surface area contributed by atoms with Gasteiger partial charge in [0.25, 0.3) is 0 Å². The van der Waals surface area contributed by atoms with Crippen molar-refractivity contribution in [3.05, 3.63) is 11.4 Å². The number of aromatic nitrogens is 2. The molecule has 1 aliphatic rings. The fourth-order valence-corrected chi connectivity index (χ4v) is 2.38. The quantitative estimate of drug-likeness (QED) is 0.863. The number of anilines is 1. The zero-order valence-corrected chi connectivity index (χ0v) is 12.7. The lowest BCUT2D eigenvalue weighted by molar-refractivity contribution is 0.117. The number of rotatable bonds is 5. The summed E-state index contributed by atoms with van der Waals surface area (Å²) >= 11 is 0. The van der Waals surface area contributed by atoms with Crippen LogP contribution in [0.3, 0.4) is 0 Å². The van der Waals surface area contributed by atoms with E-state index < -0.39 is 6.10 Å². The van der Waals surface area contributed by atoms with Crippen molar-refractivity contribution in [3.8, 4) is 0 Å². The molecule has 2 amide bonds. The molecule has 2 N–H and O–H groups in total. The summed E-state index contributed by atoms with van der Waals surface area (Å²) in [6, 6.07) is -0.202. The van der Waals surface area contributed by atoms with E-state index in [2.05, 4.69) is 10.4 Å². The molecule has 1 heterocycles. The van der Waals surface area contributed by atoms with Crippen LogP contribution in [0.15, 0.2) is 0 Å². The third-order valence-electron chi connectivity index (χ3n) is 3.89. The van der Waals surface area contributed by atoms with Crippen molar-refractivity contribution in [1.29, 1.82) is 0 Å². The van der Waals surface area contributed by atoms with Crippen LogP contribution in [-0.2, 0) is 6.54 Å². The zero-order valence-electron chi connectivity index (χ0n) is 12.7. The van der Waals surface area contributed by atoms with Crippen molar-refractivity contribution in [2.75, 3.05) is 18.9 Å². The molecule has 1 unspecified atom stereocenters. The highest BCUT2D eigenvalue weighted by atomic mass is 16.3. The van der Waals surface area contributed by atoms with Gasteiger partial charge < -0.3 is 15.3 Å². The van der Waals surface area contributed by atoms with Crippen molar-refractivity contribution >= 4 is 11.7 Å². The minimum Gasteiger partial charge on any atom is -0.391 e. The predicted molar refractivity (Wildman–Crippen MR) is 77.8 cm³/mol. The van der Waals surface area contributed by atoms with Crippen LogP contribution in [0.5, 0.6) is 0 Å². The number of nitrogens with zero attached hydrogens (tertiary/aromatic N) is 3. The third-order valence-corrected chi connectivity index (χ3v) is 3.89. The lowest BCUT2D eigenvalue weighted by atomic mass is 10.2. The minimum absolute atomic E-state index is 0.202. The average molecular weight is 280 g/mol. The molecule has 0 spiro atoms. The van der Waals surface area contributed by atoms with Gasteiger partial charge in [0.15, 0.2) is 0 Å². The van der Waals surface area contributed by atoms with Gasteiger partial charge in [-0.25, -0.2) is 4.79 Å². The van der Waals surface area contributed by atoms with E-state index in [4.69, 9.17) is 0 Å². The summed E-state index contributed by atoms with van der Waals surface area (Å²) in [5.41, 5.74) is 2.54. The number of aliphatic hydroxyl groups excluding tert-OH is 1. The number of carbonyl (C=O) groups excluding carboxylic acids is 1. The molecule has 1 fully saturated rings. The number of hydrogen-bond acceptors (Lipinski definition) is 3. The Kier molecular flexibility index (Phi) is 4.32. The molecule has 1 aromatic rings. The van der Waals surface area contributed by atoms with E-state index in [-0.39, 0.29) is 6.03 Å². The summed E-state index contributed by atoms with van der Waals surface area (Å²) in [5, 5.41) is 17.2. The maximum Gasteiger partial charge on any atom is 0.321 e. The maximum atomic E-state index is 12.2. The summed E-state index contributed by atoms with van der Waals surface area (Å²) in [6.45, 7) is 6.99. The van der Waals surface area contributed by atoms with Crippen LogP contribution in [0.25, 0.3) is 0 Å². The Bertz CT molecular complexity index is 494. The Balaban J connectivity index is 1.98. The van der Waals surface area contributed by atoms with Gasteiger partial charge in [-0.1, -0.05) is 0 Å². The topological polar surface area (TPSA) is 70.4 Å². The number of amides is 2. The Morgan fingerprint density at radius 1 is 1.55 bits per heavy atom. The molecule has 1 aromatic heterocycles. The summed E-state index contributed by atoms with van der Waals surface area (Å²) in [5.74, 6) is 0.372. The first kappa shape index (κ1) is 14.8. The molecule has 0 aromatic carbocycles. The van der Waals surface area contributed by atoms with E-state index >= 15 is 0 Å². The van der Waals surface area contributed by atoms with Gasteiger partial charge in [-0.15, -0.1) is 0 Å². The maximum absolute atomic E-state index is 12.2. The molecule has 6 nitrogen and oxygen atoms in total. The molecule has 0 radical (unpaired) electrons. The average Bonchev–Trinajstić information content (AvgIpc) is 3.21. The van der Waals surface area contributed by atoms with Gasteiger partial charge in [0.05, 0.1) is 23.2 Å². The second-order valence-corrected chi connectivity index (χ2v) is 5.58. The second kappa shape index (κ2) is 5.83. The summed E-state index contributed by atoms with van der Waals surface area (Å²) < 4.78 is 1.87. The van der Waals surface area contributed by atoms with Crippen LogP contribution in [0.1, 0.15) is 31.2 Å². The van der Waals surface area contributed by atoms with Crippen LogP contribution >= 0.6 is 0 Å². The van der Waals surface area contributed by atoms with Gasteiger partial charge >= 0.3 is 6.03 Å². The van der Waals surface area contributed by atoms with Crippen LogP contribution < -0.4 is 5.32 Å². The summed E-state index contributed by atoms with van der Waals surface area (Å²) in [7, 11) is 1.70. The van der Waals surface area contributed by atoms with Gasteiger partial charge in [0.1, 0.15) is 0 Å². The first-order valence-electron chi connectivity index (χ1n) is 7.18. The molecule has 2 rings (SSSR count). The molecule has 6 heteroatoms. The number of carbonyl (C=O) groups is 1. The first-order valence-corrected chi connectivity index (χ1v) is 7.18. The smallest absolute Gasteiger partial charge is 0.321 e. The largest absolute Gasteiger partial charge is 0.391 e. The predicted octanol–water partition coefficient (Wildman–Crippen LogP) is 1.75. The van der Waals surface area contributed by atoms with Crippen LogP contribution in [0, 0.1) is 19.8 Å². The molecule has 112 valence electrons. The number of nitrogens with one attached hydrogen (secondary N) is 1. The van der Waals surface area contributed by atoms with Gasteiger partial charge in [-0.2, -0.15) is 5.10 Å². The monoisotopic (exact) mass is 280 g/mol. The first-order chi connectivity index (χ1) is 9.43. The van der Waals surface area contributed by atoms with Gasteiger partial charge in [-0.05, 0) is 39.5 Å². The molecule has 0 aliphatic heterocycles. The zero-order chi connectivity index (χ0) is 14.9. The highest BCUT2D eigenvalue weighted by molar-refractivity contribution is 5.90. The lowest BCUT2D eigenvalue weighted by Crippen LogP contribution is -2.38. The number of likely N-dealkylation sites (N-methyl/N-ethyl adjacent to an activating group) is 1. The Morgan fingerprint density at radius 2 is 2.20 bits per heavy atom. The van der Waals surface area contributed by atoms with E-state index in [1.54, 1.807) is 7.05 Å². The molecule has 1 aliphatic carbocycles. The van der Waals surface area contributed by atoms with Crippen LogP contribution in [-0.4, -0.2) is 45.5 Å². The molecule has 0 saturated heterocycles. The molecular formula is C14H24N4O2. The van der Waals surface area contributed by atoms with Crippen molar-refractivity contribution in [3.63, 3.8) is 0 Å². The molecular weight excluding hydrogens is 256 g/mol. The highest BCUT2D eigenvalue weighted by Crippen LogP contribution is 2.32. The Morgan fingerprint density at radius 3 is 2.70 bits per heavy atom. The number of aryl methyl sites for hydroxylation is 2. The van der Waals surface area contributed by atoms with Gasteiger partial charge in [-0.3, -0.25) is 4.68 Å². The molecule has 1 atom stereocenters. The van der Waals surface area contributed by atoms with Gasteiger partial charge in [0.2, 0.25) is 0 Å².